The molecule has 2 N–H and O–H groups in total. The van der Waals surface area contributed by atoms with Gasteiger partial charge < -0.3 is 15.2 Å². The van der Waals surface area contributed by atoms with Crippen LogP contribution in [0.4, 0.5) is 5.69 Å². The Kier molecular flexibility index (Phi) is 3.22. The molecule has 1 fully saturated rings. The van der Waals surface area contributed by atoms with E-state index in [2.05, 4.69) is 4.74 Å². The van der Waals surface area contributed by atoms with Crippen molar-refractivity contribution >= 4 is 11.7 Å². The van der Waals surface area contributed by atoms with Gasteiger partial charge in [-0.25, -0.2) is 4.79 Å². The maximum atomic E-state index is 11.4. The van der Waals surface area contributed by atoms with Crippen LogP contribution in [0.25, 0.3) is 0 Å². The van der Waals surface area contributed by atoms with Crippen molar-refractivity contribution in [2.24, 2.45) is 5.92 Å². The number of esters is 1. The zero-order valence-electron chi connectivity index (χ0n) is 10.2. The summed E-state index contributed by atoms with van der Waals surface area (Å²) in [6.07, 6.45) is 2.45. The molecule has 0 spiro atoms. The van der Waals surface area contributed by atoms with Crippen LogP contribution in [0.3, 0.4) is 0 Å². The van der Waals surface area contributed by atoms with Gasteiger partial charge in [-0.05, 0) is 37.8 Å². The van der Waals surface area contributed by atoms with Crippen molar-refractivity contribution in [3.63, 3.8) is 0 Å². The quantitative estimate of drug-likeness (QED) is 0.641. The summed E-state index contributed by atoms with van der Waals surface area (Å²) in [4.78, 5) is 11.4. The molecule has 92 valence electrons. The number of ether oxygens (including phenoxy) is 2. The van der Waals surface area contributed by atoms with Gasteiger partial charge in [0.15, 0.2) is 0 Å². The fourth-order valence-electron chi connectivity index (χ4n) is 1.59. The number of hydrogen-bond donors (Lipinski definition) is 1. The Bertz CT molecular complexity index is 439. The van der Waals surface area contributed by atoms with Crippen molar-refractivity contribution in [2.75, 3.05) is 19.5 Å². The highest BCUT2D eigenvalue weighted by molar-refractivity contribution is 5.91. The Morgan fingerprint density at radius 3 is 2.76 bits per heavy atom. The van der Waals surface area contributed by atoms with Crippen LogP contribution in [0.15, 0.2) is 12.1 Å². The Morgan fingerprint density at radius 2 is 2.18 bits per heavy atom. The lowest BCUT2D eigenvalue weighted by molar-refractivity contribution is 0.0600. The van der Waals surface area contributed by atoms with Crippen LogP contribution in [0.2, 0.25) is 0 Å². The van der Waals surface area contributed by atoms with Crippen LogP contribution in [0, 0.1) is 12.8 Å². The van der Waals surface area contributed by atoms with E-state index in [1.165, 1.54) is 20.0 Å². The third kappa shape index (κ3) is 2.70. The average Bonchev–Trinajstić information content (AvgIpc) is 3.13. The van der Waals surface area contributed by atoms with E-state index in [9.17, 15) is 4.79 Å². The molecule has 1 aliphatic rings. The summed E-state index contributed by atoms with van der Waals surface area (Å²) in [5, 5.41) is 0. The van der Waals surface area contributed by atoms with Crippen molar-refractivity contribution in [3.05, 3.63) is 23.3 Å². The van der Waals surface area contributed by atoms with Gasteiger partial charge in [-0.15, -0.1) is 0 Å². The van der Waals surface area contributed by atoms with Crippen LogP contribution >= 0.6 is 0 Å². The molecule has 0 aromatic heterocycles. The molecule has 0 saturated heterocycles. The molecule has 4 nitrogen and oxygen atoms in total. The molecule has 1 aliphatic carbocycles. The molecule has 4 heteroatoms. The van der Waals surface area contributed by atoms with Crippen LogP contribution < -0.4 is 10.5 Å². The Labute approximate surface area is 101 Å². The first-order chi connectivity index (χ1) is 8.11. The van der Waals surface area contributed by atoms with E-state index in [4.69, 9.17) is 10.5 Å². The molecule has 0 amide bonds. The van der Waals surface area contributed by atoms with Gasteiger partial charge in [-0.1, -0.05) is 0 Å². The summed E-state index contributed by atoms with van der Waals surface area (Å²) < 4.78 is 10.4. The van der Waals surface area contributed by atoms with Gasteiger partial charge in [0.05, 0.1) is 19.3 Å². The second kappa shape index (κ2) is 4.65. The minimum atomic E-state index is -0.395. The summed E-state index contributed by atoms with van der Waals surface area (Å²) >= 11 is 0. The van der Waals surface area contributed by atoms with E-state index < -0.39 is 5.97 Å². The maximum absolute atomic E-state index is 11.4. The molecule has 1 saturated carbocycles. The molecule has 17 heavy (non-hydrogen) atoms. The van der Waals surface area contributed by atoms with Crippen LogP contribution in [-0.2, 0) is 4.74 Å². The maximum Gasteiger partial charge on any atom is 0.338 e. The average molecular weight is 235 g/mol. The van der Waals surface area contributed by atoms with Gasteiger partial charge in [0.25, 0.3) is 0 Å². The van der Waals surface area contributed by atoms with Gasteiger partial charge in [0.2, 0.25) is 0 Å². The molecule has 1 aromatic rings. The third-order valence-electron chi connectivity index (χ3n) is 2.99. The number of anilines is 1. The number of hydrogen-bond acceptors (Lipinski definition) is 4. The molecule has 0 heterocycles. The molecular formula is C13H17NO3. The number of carbonyl (C=O) groups excluding carboxylic acids is 1. The minimum Gasteiger partial charge on any atom is -0.493 e. The first-order valence-corrected chi connectivity index (χ1v) is 5.73. The summed E-state index contributed by atoms with van der Waals surface area (Å²) in [5.41, 5.74) is 7.71. The molecule has 0 unspecified atom stereocenters. The molecule has 1 aromatic carbocycles. The fraction of sp³-hybridized carbons (Fsp3) is 0.462. The smallest absolute Gasteiger partial charge is 0.338 e. The second-order valence-corrected chi connectivity index (χ2v) is 4.43. The lowest BCUT2D eigenvalue weighted by Crippen LogP contribution is -2.07. The van der Waals surface area contributed by atoms with Crippen molar-refractivity contribution in [1.29, 1.82) is 0 Å². The molecular weight excluding hydrogens is 218 g/mol. The van der Waals surface area contributed by atoms with Crippen molar-refractivity contribution in [3.8, 4) is 5.75 Å². The standard InChI is InChI=1S/C13H17NO3/c1-8-11(14)5-10(13(15)16-2)6-12(8)17-7-9-3-4-9/h5-6,9H,3-4,7,14H2,1-2H3. The lowest BCUT2D eigenvalue weighted by Gasteiger charge is -2.12. The second-order valence-electron chi connectivity index (χ2n) is 4.43. The van der Waals surface area contributed by atoms with E-state index in [1.807, 2.05) is 6.92 Å². The summed E-state index contributed by atoms with van der Waals surface area (Å²) in [6.45, 7) is 2.59. The monoisotopic (exact) mass is 235 g/mol. The molecule has 0 bridgehead atoms. The zero-order valence-corrected chi connectivity index (χ0v) is 10.2. The van der Waals surface area contributed by atoms with Gasteiger partial charge in [0.1, 0.15) is 5.75 Å². The van der Waals surface area contributed by atoms with E-state index >= 15 is 0 Å². The Balaban J connectivity index is 2.21. The van der Waals surface area contributed by atoms with Crippen LogP contribution in [0.1, 0.15) is 28.8 Å². The SMILES string of the molecule is COC(=O)c1cc(N)c(C)c(OCC2CC2)c1. The Morgan fingerprint density at radius 1 is 1.47 bits per heavy atom. The van der Waals surface area contributed by atoms with Crippen molar-refractivity contribution in [1.82, 2.24) is 0 Å². The van der Waals surface area contributed by atoms with E-state index in [-0.39, 0.29) is 0 Å². The molecule has 0 atom stereocenters. The predicted molar refractivity (Wildman–Crippen MR) is 65.1 cm³/mol. The highest BCUT2D eigenvalue weighted by Crippen LogP contribution is 2.32. The number of methoxy groups -OCH3 is 1. The molecule has 0 radical (unpaired) electrons. The fourth-order valence-corrected chi connectivity index (χ4v) is 1.59. The highest BCUT2D eigenvalue weighted by atomic mass is 16.5. The summed E-state index contributed by atoms with van der Waals surface area (Å²) in [6, 6.07) is 3.31. The highest BCUT2D eigenvalue weighted by Gasteiger charge is 2.22. The number of carbonyl (C=O) groups is 1. The third-order valence-corrected chi connectivity index (χ3v) is 2.99. The first-order valence-electron chi connectivity index (χ1n) is 5.73. The van der Waals surface area contributed by atoms with E-state index in [1.54, 1.807) is 12.1 Å². The largest absolute Gasteiger partial charge is 0.493 e. The van der Waals surface area contributed by atoms with Gasteiger partial charge >= 0.3 is 5.97 Å². The van der Waals surface area contributed by atoms with Gasteiger partial charge in [-0.3, -0.25) is 0 Å². The lowest BCUT2D eigenvalue weighted by atomic mass is 10.1. The van der Waals surface area contributed by atoms with E-state index in [0.29, 0.717) is 29.5 Å². The normalized spacial score (nSPS) is 14.5. The number of benzene rings is 1. The van der Waals surface area contributed by atoms with Crippen molar-refractivity contribution in [2.45, 2.75) is 19.8 Å². The Hall–Kier alpha value is -1.71. The first kappa shape index (κ1) is 11.8. The summed E-state index contributed by atoms with van der Waals surface area (Å²) in [7, 11) is 1.35. The van der Waals surface area contributed by atoms with Crippen LogP contribution in [-0.4, -0.2) is 19.7 Å². The molecule has 2 rings (SSSR count). The number of rotatable bonds is 4. The predicted octanol–water partition coefficient (Wildman–Crippen LogP) is 2.15. The number of nitrogens with two attached hydrogens (primary N) is 1. The van der Waals surface area contributed by atoms with E-state index in [0.717, 1.165) is 5.56 Å². The topological polar surface area (TPSA) is 61.5 Å². The zero-order chi connectivity index (χ0) is 12.4. The van der Waals surface area contributed by atoms with Crippen molar-refractivity contribution < 1.29 is 14.3 Å². The van der Waals surface area contributed by atoms with Gasteiger partial charge in [-0.2, -0.15) is 0 Å². The van der Waals surface area contributed by atoms with Crippen LogP contribution in [0.5, 0.6) is 5.75 Å². The summed E-state index contributed by atoms with van der Waals surface area (Å²) in [5.74, 6) is 0.947. The minimum absolute atomic E-state index is 0.395. The number of nitrogen functional groups attached to an aromatic ring is 1. The molecule has 0 aliphatic heterocycles. The van der Waals surface area contributed by atoms with Gasteiger partial charge in [0, 0.05) is 11.3 Å².